The molecule has 0 spiro atoms. The fraction of sp³-hybridized carbons (Fsp3) is 0.556. The third-order valence-electron chi connectivity index (χ3n) is 7.09. The topological polar surface area (TPSA) is 134 Å². The van der Waals surface area contributed by atoms with E-state index in [1.54, 1.807) is 6.92 Å². The van der Waals surface area contributed by atoms with Crippen molar-refractivity contribution >= 4 is 57.2 Å². The molecular formula is C27H34N6O4S2. The maximum absolute atomic E-state index is 13.3. The van der Waals surface area contributed by atoms with Crippen LogP contribution in [-0.2, 0) is 25.5 Å². The van der Waals surface area contributed by atoms with E-state index >= 15 is 0 Å². The summed E-state index contributed by atoms with van der Waals surface area (Å²) in [5.41, 5.74) is 1.06. The van der Waals surface area contributed by atoms with Crippen molar-refractivity contribution in [2.45, 2.75) is 76.5 Å². The molecule has 4 aliphatic rings. The average Bonchev–Trinajstić information content (AvgIpc) is 3.66. The van der Waals surface area contributed by atoms with Crippen LogP contribution in [-0.4, -0.2) is 87.6 Å². The molecule has 4 heterocycles. The van der Waals surface area contributed by atoms with Crippen LogP contribution in [0.5, 0.6) is 0 Å². The van der Waals surface area contributed by atoms with Crippen LogP contribution < -0.4 is 16.0 Å². The van der Waals surface area contributed by atoms with E-state index in [2.05, 4.69) is 25.9 Å². The van der Waals surface area contributed by atoms with E-state index in [1.807, 2.05) is 51.1 Å². The van der Waals surface area contributed by atoms with Crippen LogP contribution in [0.25, 0.3) is 0 Å². The second-order valence-electron chi connectivity index (χ2n) is 10.5. The number of aliphatic imine (C=N–C) groups is 3. The van der Waals surface area contributed by atoms with Gasteiger partial charge in [0.25, 0.3) is 0 Å². The molecule has 0 radical (unpaired) electrons. The summed E-state index contributed by atoms with van der Waals surface area (Å²) in [6.45, 7) is 7.59. The van der Waals surface area contributed by atoms with Crippen LogP contribution in [0, 0.1) is 5.92 Å². The molecule has 1 aromatic carbocycles. The zero-order chi connectivity index (χ0) is 27.7. The molecule has 0 unspecified atom stereocenters. The lowest BCUT2D eigenvalue weighted by Gasteiger charge is -2.23. The Balaban J connectivity index is 1.48. The predicted molar refractivity (Wildman–Crippen MR) is 156 cm³/mol. The maximum Gasteiger partial charge on any atom is 0.249 e. The molecule has 39 heavy (non-hydrogen) atoms. The zero-order valence-electron chi connectivity index (χ0n) is 22.4. The van der Waals surface area contributed by atoms with Gasteiger partial charge in [0.15, 0.2) is 6.04 Å². The smallest absolute Gasteiger partial charge is 0.249 e. The minimum atomic E-state index is -0.740. The summed E-state index contributed by atoms with van der Waals surface area (Å²) in [6, 6.07) is 6.73. The largest absolute Gasteiger partial charge is 0.474 e. The van der Waals surface area contributed by atoms with E-state index in [0.717, 1.165) is 10.6 Å². The molecule has 6 bridgehead atoms. The van der Waals surface area contributed by atoms with Gasteiger partial charge in [-0.15, -0.1) is 23.5 Å². The van der Waals surface area contributed by atoms with Crippen LogP contribution in [0.15, 0.2) is 45.3 Å². The van der Waals surface area contributed by atoms with Crippen molar-refractivity contribution in [3.8, 4) is 0 Å². The van der Waals surface area contributed by atoms with Crippen LogP contribution in [0.3, 0.4) is 0 Å². The Morgan fingerprint density at radius 3 is 2.21 bits per heavy atom. The van der Waals surface area contributed by atoms with Gasteiger partial charge in [-0.05, 0) is 31.7 Å². The molecule has 5 rings (SSSR count). The van der Waals surface area contributed by atoms with E-state index in [4.69, 9.17) is 9.73 Å². The van der Waals surface area contributed by atoms with Gasteiger partial charge in [0, 0.05) is 11.5 Å². The lowest BCUT2D eigenvalue weighted by Crippen LogP contribution is -2.48. The molecular weight excluding hydrogens is 536 g/mol. The summed E-state index contributed by atoms with van der Waals surface area (Å²) in [4.78, 5) is 53.8. The van der Waals surface area contributed by atoms with Crippen molar-refractivity contribution < 1.29 is 19.1 Å². The quantitative estimate of drug-likeness (QED) is 0.506. The van der Waals surface area contributed by atoms with Gasteiger partial charge in [-0.25, -0.2) is 4.99 Å². The van der Waals surface area contributed by atoms with Crippen molar-refractivity contribution in [1.29, 1.82) is 0 Å². The number of ether oxygens (including phenoxy) is 1. The van der Waals surface area contributed by atoms with E-state index in [9.17, 15) is 14.4 Å². The molecule has 208 valence electrons. The summed E-state index contributed by atoms with van der Waals surface area (Å²) in [5, 5.41) is 10.6. The normalized spacial score (nSPS) is 33.2. The summed E-state index contributed by atoms with van der Waals surface area (Å²) in [7, 11) is 0. The highest BCUT2D eigenvalue weighted by atomic mass is 32.2. The van der Waals surface area contributed by atoms with Crippen LogP contribution in [0.4, 0.5) is 0 Å². The first-order valence-corrected chi connectivity index (χ1v) is 15.3. The van der Waals surface area contributed by atoms with E-state index in [1.165, 1.54) is 23.5 Å². The summed E-state index contributed by atoms with van der Waals surface area (Å²) >= 11 is 2.97. The Bertz CT molecular complexity index is 1220. The van der Waals surface area contributed by atoms with Gasteiger partial charge in [-0.1, -0.05) is 44.2 Å². The van der Waals surface area contributed by atoms with Gasteiger partial charge in [0.05, 0.1) is 22.2 Å². The minimum absolute atomic E-state index is 0.0185. The lowest BCUT2D eigenvalue weighted by atomic mass is 10.0. The van der Waals surface area contributed by atoms with Gasteiger partial charge < -0.3 is 20.7 Å². The Labute approximate surface area is 236 Å². The van der Waals surface area contributed by atoms with E-state index in [0.29, 0.717) is 28.9 Å². The molecule has 10 nitrogen and oxygen atoms in total. The molecule has 3 N–H and O–H groups in total. The highest BCUT2D eigenvalue weighted by Crippen LogP contribution is 2.26. The number of hydrogen-bond acceptors (Lipinski definition) is 9. The molecule has 0 aliphatic carbocycles. The first-order chi connectivity index (χ1) is 18.7. The number of benzene rings is 1. The third kappa shape index (κ3) is 6.16. The fourth-order valence-electron chi connectivity index (χ4n) is 4.87. The van der Waals surface area contributed by atoms with Gasteiger partial charge >= 0.3 is 0 Å². The van der Waals surface area contributed by atoms with E-state index < -0.39 is 30.3 Å². The van der Waals surface area contributed by atoms with Crippen LogP contribution in [0.2, 0.25) is 0 Å². The first kappa shape index (κ1) is 27.7. The number of fused-ring (bicyclic) bond motifs is 3. The number of rotatable bonds is 3. The van der Waals surface area contributed by atoms with Crippen molar-refractivity contribution in [1.82, 2.24) is 16.0 Å². The van der Waals surface area contributed by atoms with Crippen molar-refractivity contribution in [2.24, 2.45) is 20.9 Å². The standard InChI is InChI=1S/C27H34N6O4S2/c1-13(2)20-25-33-21(15(4)37-25)24(36)28-14(3)26-30-18(11-38-26)22(34)29-17(10-16-8-6-5-7-9-16)27-31-19(12-39-27)23(35)32-20/h5-9,13-15,17-21H,10-12H2,1-4H3,(H,28,36)(H,29,34)(H,32,35)/t14-,15-,17-,18-,19-,20+,21+/m1/s1. The molecule has 0 aromatic heterocycles. The van der Waals surface area contributed by atoms with Crippen LogP contribution >= 0.6 is 23.5 Å². The monoisotopic (exact) mass is 570 g/mol. The number of thioether (sulfide) groups is 2. The molecule has 3 amide bonds. The molecule has 0 saturated heterocycles. The Morgan fingerprint density at radius 2 is 1.51 bits per heavy atom. The minimum Gasteiger partial charge on any atom is -0.474 e. The van der Waals surface area contributed by atoms with Gasteiger partial charge in [-0.3, -0.25) is 24.4 Å². The van der Waals surface area contributed by atoms with Gasteiger partial charge in [0.1, 0.15) is 24.2 Å². The van der Waals surface area contributed by atoms with Gasteiger partial charge in [-0.2, -0.15) is 0 Å². The average molecular weight is 571 g/mol. The zero-order valence-corrected chi connectivity index (χ0v) is 24.1. The Morgan fingerprint density at radius 1 is 0.872 bits per heavy atom. The number of carbonyl (C=O) groups is 3. The highest BCUT2D eigenvalue weighted by molar-refractivity contribution is 8.14. The summed E-state index contributed by atoms with van der Waals surface area (Å²) < 4.78 is 6.00. The second-order valence-corrected chi connectivity index (χ2v) is 12.6. The molecule has 4 aliphatic heterocycles. The molecule has 1 aromatic rings. The first-order valence-electron chi connectivity index (χ1n) is 13.3. The van der Waals surface area contributed by atoms with Crippen molar-refractivity contribution in [3.63, 3.8) is 0 Å². The third-order valence-corrected chi connectivity index (χ3v) is 9.50. The molecule has 12 heteroatoms. The Hall–Kier alpha value is -2.86. The predicted octanol–water partition coefficient (Wildman–Crippen LogP) is 1.59. The molecule has 0 saturated carbocycles. The number of nitrogens with one attached hydrogen (secondary N) is 3. The summed E-state index contributed by atoms with van der Waals surface area (Å²) in [5.74, 6) is 0.601. The lowest BCUT2D eigenvalue weighted by molar-refractivity contribution is -0.124. The molecule has 0 fully saturated rings. The highest BCUT2D eigenvalue weighted by Gasteiger charge is 2.40. The van der Waals surface area contributed by atoms with Crippen molar-refractivity contribution in [2.75, 3.05) is 11.5 Å². The SMILES string of the molecule is CC(C)[C@@H]1NC(=O)[C@H]2CSC(=N2)[C@@H](Cc2ccccc2)NC(=O)[C@H]2CSC(=N2)[C@@H](C)NC(=O)[C@H]2N=C1O[C@@H]2C. The number of amides is 3. The number of nitrogens with zero attached hydrogens (tertiary/aromatic N) is 3. The number of hydrogen-bond donors (Lipinski definition) is 3. The summed E-state index contributed by atoms with van der Waals surface area (Å²) in [6.07, 6.45) is 0.0725. The molecule has 7 atom stereocenters. The van der Waals surface area contributed by atoms with Crippen molar-refractivity contribution in [3.05, 3.63) is 35.9 Å². The number of carbonyl (C=O) groups excluding carboxylic acids is 3. The Kier molecular flexibility index (Phi) is 8.32. The fourth-order valence-corrected chi connectivity index (χ4v) is 7.04. The van der Waals surface area contributed by atoms with Gasteiger partial charge in [0.2, 0.25) is 23.6 Å². The van der Waals surface area contributed by atoms with Crippen LogP contribution in [0.1, 0.15) is 33.3 Å². The van der Waals surface area contributed by atoms with E-state index in [-0.39, 0.29) is 35.7 Å². The second kappa shape index (κ2) is 11.7. The maximum atomic E-state index is 13.3.